The van der Waals surface area contributed by atoms with Gasteiger partial charge in [-0.2, -0.15) is 0 Å². The minimum Gasteiger partial charge on any atom is -0.490 e. The van der Waals surface area contributed by atoms with Gasteiger partial charge >= 0.3 is 0 Å². The van der Waals surface area contributed by atoms with Crippen molar-refractivity contribution >= 4 is 5.96 Å². The minimum atomic E-state index is 0.342. The lowest BCUT2D eigenvalue weighted by atomic mass is 9.83. The molecule has 0 aromatic heterocycles. The molecule has 0 unspecified atom stereocenters. The van der Waals surface area contributed by atoms with Crippen LogP contribution in [0.25, 0.3) is 0 Å². The van der Waals surface area contributed by atoms with Crippen LogP contribution in [0.5, 0.6) is 11.5 Å². The molecule has 29 heavy (non-hydrogen) atoms. The zero-order chi connectivity index (χ0) is 21.0. The second-order valence-corrected chi connectivity index (χ2v) is 7.70. The number of benzene rings is 1. The van der Waals surface area contributed by atoms with E-state index in [9.17, 15) is 0 Å². The zero-order valence-corrected chi connectivity index (χ0v) is 18.7. The molecule has 0 heterocycles. The number of guanidine groups is 1. The molecule has 0 bridgehead atoms. The minimum absolute atomic E-state index is 0.342. The molecule has 1 fully saturated rings. The summed E-state index contributed by atoms with van der Waals surface area (Å²) >= 11 is 0. The van der Waals surface area contributed by atoms with Gasteiger partial charge in [0.2, 0.25) is 0 Å². The van der Waals surface area contributed by atoms with Crippen LogP contribution in [-0.2, 0) is 11.2 Å². The van der Waals surface area contributed by atoms with Gasteiger partial charge in [-0.3, -0.25) is 4.99 Å². The molecule has 1 aliphatic rings. The molecule has 2 N–H and O–H groups in total. The van der Waals surface area contributed by atoms with Crippen molar-refractivity contribution in [3.63, 3.8) is 0 Å². The maximum absolute atomic E-state index is 5.73. The van der Waals surface area contributed by atoms with Crippen LogP contribution in [0.4, 0.5) is 0 Å². The molecular weight excluding hydrogens is 366 g/mol. The fourth-order valence-electron chi connectivity index (χ4n) is 4.03. The van der Waals surface area contributed by atoms with Crippen LogP contribution in [-0.4, -0.2) is 53.0 Å². The fraction of sp³-hybridized carbons (Fsp3) is 0.696. The van der Waals surface area contributed by atoms with Crippen LogP contribution in [0.15, 0.2) is 23.2 Å². The van der Waals surface area contributed by atoms with Gasteiger partial charge in [-0.1, -0.05) is 18.9 Å². The summed E-state index contributed by atoms with van der Waals surface area (Å²) in [6.07, 6.45) is 7.18. The average Bonchev–Trinajstić information content (AvgIpc) is 3.20. The fourth-order valence-corrected chi connectivity index (χ4v) is 4.03. The molecular formula is C23H39N3O3. The summed E-state index contributed by atoms with van der Waals surface area (Å²) in [5.74, 6) is 2.49. The van der Waals surface area contributed by atoms with E-state index in [1.165, 1.54) is 31.2 Å². The maximum atomic E-state index is 5.73. The molecule has 0 aliphatic heterocycles. The highest BCUT2D eigenvalue weighted by molar-refractivity contribution is 5.79. The Labute approximate surface area is 176 Å². The second-order valence-electron chi connectivity index (χ2n) is 7.70. The summed E-state index contributed by atoms with van der Waals surface area (Å²) < 4.78 is 16.7. The van der Waals surface area contributed by atoms with Crippen LogP contribution in [0.2, 0.25) is 0 Å². The standard InChI is InChI=1S/C23H39N3O3/c1-5-28-20-10-9-19(17-21(20)29-6-2)11-15-25-22(24-3)26-18-23(14-16-27-4)12-7-8-13-23/h9-10,17H,5-8,11-16,18H2,1-4H3,(H2,24,25,26). The molecule has 0 radical (unpaired) electrons. The molecule has 1 aromatic carbocycles. The molecule has 0 saturated heterocycles. The number of methoxy groups -OCH3 is 1. The largest absolute Gasteiger partial charge is 0.490 e. The van der Waals surface area contributed by atoms with E-state index in [-0.39, 0.29) is 0 Å². The van der Waals surface area contributed by atoms with E-state index in [1.807, 2.05) is 27.0 Å². The van der Waals surface area contributed by atoms with Crippen molar-refractivity contribution < 1.29 is 14.2 Å². The van der Waals surface area contributed by atoms with Crippen molar-refractivity contribution in [2.24, 2.45) is 10.4 Å². The molecule has 1 saturated carbocycles. The number of rotatable bonds is 12. The normalized spacial score (nSPS) is 15.9. The van der Waals surface area contributed by atoms with Gasteiger partial charge in [0.1, 0.15) is 0 Å². The highest BCUT2D eigenvalue weighted by Gasteiger charge is 2.33. The van der Waals surface area contributed by atoms with Gasteiger partial charge in [0.25, 0.3) is 0 Å². The summed E-state index contributed by atoms with van der Waals surface area (Å²) in [4.78, 5) is 4.40. The van der Waals surface area contributed by atoms with E-state index in [2.05, 4.69) is 27.8 Å². The highest BCUT2D eigenvalue weighted by atomic mass is 16.5. The summed E-state index contributed by atoms with van der Waals surface area (Å²) in [6.45, 7) is 7.82. The summed E-state index contributed by atoms with van der Waals surface area (Å²) in [7, 11) is 3.62. The summed E-state index contributed by atoms with van der Waals surface area (Å²) in [6, 6.07) is 6.17. The van der Waals surface area contributed by atoms with Gasteiger partial charge < -0.3 is 24.8 Å². The first kappa shape index (κ1) is 23.3. The molecule has 0 amide bonds. The summed E-state index contributed by atoms with van der Waals surface area (Å²) in [5.41, 5.74) is 1.56. The van der Waals surface area contributed by atoms with Crippen molar-refractivity contribution in [3.8, 4) is 11.5 Å². The van der Waals surface area contributed by atoms with Gasteiger partial charge in [0.15, 0.2) is 17.5 Å². The van der Waals surface area contributed by atoms with Crippen LogP contribution in [0.1, 0.15) is 51.5 Å². The number of nitrogens with zero attached hydrogens (tertiary/aromatic N) is 1. The molecule has 1 aliphatic carbocycles. The number of hydrogen-bond acceptors (Lipinski definition) is 4. The van der Waals surface area contributed by atoms with Gasteiger partial charge in [0, 0.05) is 33.9 Å². The smallest absolute Gasteiger partial charge is 0.191 e. The maximum Gasteiger partial charge on any atom is 0.191 e. The lowest BCUT2D eigenvalue weighted by molar-refractivity contribution is 0.138. The van der Waals surface area contributed by atoms with Gasteiger partial charge in [0.05, 0.1) is 13.2 Å². The molecule has 1 aromatic rings. The van der Waals surface area contributed by atoms with Crippen LogP contribution < -0.4 is 20.1 Å². The van der Waals surface area contributed by atoms with Crippen molar-refractivity contribution in [1.29, 1.82) is 0 Å². The van der Waals surface area contributed by atoms with Crippen LogP contribution in [0, 0.1) is 5.41 Å². The topological polar surface area (TPSA) is 64.1 Å². The first-order chi connectivity index (χ1) is 14.2. The Morgan fingerprint density at radius 1 is 1.07 bits per heavy atom. The van der Waals surface area contributed by atoms with Crippen molar-refractivity contribution in [2.75, 3.05) is 47.1 Å². The van der Waals surface area contributed by atoms with Gasteiger partial charge in [-0.05, 0) is 62.6 Å². The van der Waals surface area contributed by atoms with Crippen molar-refractivity contribution in [3.05, 3.63) is 23.8 Å². The Bertz CT molecular complexity index is 628. The first-order valence-electron chi connectivity index (χ1n) is 11.0. The molecule has 0 atom stereocenters. The quantitative estimate of drug-likeness (QED) is 0.409. The molecule has 6 heteroatoms. The summed E-state index contributed by atoms with van der Waals surface area (Å²) in [5, 5.41) is 6.99. The van der Waals surface area contributed by atoms with Gasteiger partial charge in [-0.25, -0.2) is 0 Å². The number of aliphatic imine (C=N–C) groups is 1. The Hall–Kier alpha value is -1.95. The third-order valence-electron chi connectivity index (χ3n) is 5.67. The monoisotopic (exact) mass is 405 g/mol. The van der Waals surface area contributed by atoms with E-state index < -0.39 is 0 Å². The Balaban J connectivity index is 1.84. The average molecular weight is 406 g/mol. The number of nitrogens with one attached hydrogen (secondary N) is 2. The second kappa shape index (κ2) is 12.6. The highest BCUT2D eigenvalue weighted by Crippen LogP contribution is 2.40. The van der Waals surface area contributed by atoms with Crippen LogP contribution >= 0.6 is 0 Å². The Kier molecular flexibility index (Phi) is 10.1. The van der Waals surface area contributed by atoms with Crippen LogP contribution in [0.3, 0.4) is 0 Å². The van der Waals surface area contributed by atoms with Gasteiger partial charge in [-0.15, -0.1) is 0 Å². The van der Waals surface area contributed by atoms with E-state index >= 15 is 0 Å². The van der Waals surface area contributed by atoms with Crippen molar-refractivity contribution in [2.45, 2.75) is 52.4 Å². The van der Waals surface area contributed by atoms with E-state index in [4.69, 9.17) is 14.2 Å². The van der Waals surface area contributed by atoms with E-state index in [1.54, 1.807) is 7.11 Å². The van der Waals surface area contributed by atoms with E-state index in [0.29, 0.717) is 18.6 Å². The lowest BCUT2D eigenvalue weighted by Crippen LogP contribution is -2.43. The number of hydrogen-bond donors (Lipinski definition) is 2. The third-order valence-corrected chi connectivity index (χ3v) is 5.67. The SMILES string of the molecule is CCOc1ccc(CCNC(=NC)NCC2(CCOC)CCCC2)cc1OCC. The van der Waals surface area contributed by atoms with E-state index in [0.717, 1.165) is 50.0 Å². The number of ether oxygens (including phenoxy) is 3. The molecule has 2 rings (SSSR count). The molecule has 6 nitrogen and oxygen atoms in total. The molecule has 0 spiro atoms. The predicted octanol–water partition coefficient (Wildman–Crippen LogP) is 3.79. The molecule has 164 valence electrons. The predicted molar refractivity (Wildman–Crippen MR) is 119 cm³/mol. The Morgan fingerprint density at radius 3 is 2.45 bits per heavy atom. The third kappa shape index (κ3) is 7.42. The Morgan fingerprint density at radius 2 is 1.79 bits per heavy atom. The first-order valence-corrected chi connectivity index (χ1v) is 11.0. The lowest BCUT2D eigenvalue weighted by Gasteiger charge is -2.30. The zero-order valence-electron chi connectivity index (χ0n) is 18.7. The van der Waals surface area contributed by atoms with Crippen molar-refractivity contribution in [1.82, 2.24) is 10.6 Å².